The fourth-order valence-electron chi connectivity index (χ4n) is 4.58. The van der Waals surface area contributed by atoms with Gasteiger partial charge in [-0.2, -0.15) is 0 Å². The lowest BCUT2D eigenvalue weighted by atomic mass is 9.77. The standard InChI is InChI=1S/C25H35NO/c1-21(2)18-24(26-16-10-5-11-17-26)25(27,19-22-12-6-3-7-13-22)20-23-14-8-4-9-15-23/h3-4,6-9,12-15,21,24,27H,5,10-11,16-20H2,1-2H3/t24-/m0/s1. The van der Waals surface area contributed by atoms with Crippen molar-refractivity contribution in [3.8, 4) is 0 Å². The lowest BCUT2D eigenvalue weighted by Crippen LogP contribution is -2.57. The quantitative estimate of drug-likeness (QED) is 0.703. The molecule has 0 bridgehead atoms. The van der Waals surface area contributed by atoms with Crippen LogP contribution in [0.3, 0.4) is 0 Å². The Morgan fingerprint density at radius 2 is 1.30 bits per heavy atom. The minimum absolute atomic E-state index is 0.193. The van der Waals surface area contributed by atoms with Gasteiger partial charge in [-0.1, -0.05) is 80.9 Å². The summed E-state index contributed by atoms with van der Waals surface area (Å²) >= 11 is 0. The highest BCUT2D eigenvalue weighted by molar-refractivity contribution is 5.23. The molecule has 0 radical (unpaired) electrons. The Hall–Kier alpha value is -1.64. The Balaban J connectivity index is 1.93. The minimum Gasteiger partial charge on any atom is -0.388 e. The molecule has 146 valence electrons. The average Bonchev–Trinajstić information content (AvgIpc) is 2.68. The van der Waals surface area contributed by atoms with Crippen molar-refractivity contribution in [1.29, 1.82) is 0 Å². The fraction of sp³-hybridized carbons (Fsp3) is 0.520. The van der Waals surface area contributed by atoms with Crippen molar-refractivity contribution >= 4 is 0 Å². The largest absolute Gasteiger partial charge is 0.388 e. The zero-order chi connectivity index (χ0) is 19.1. The van der Waals surface area contributed by atoms with Gasteiger partial charge in [-0.25, -0.2) is 0 Å². The number of likely N-dealkylation sites (tertiary alicyclic amines) is 1. The molecule has 0 saturated carbocycles. The molecule has 1 N–H and O–H groups in total. The maximum Gasteiger partial charge on any atom is 0.0882 e. The number of aliphatic hydroxyl groups is 1. The van der Waals surface area contributed by atoms with E-state index < -0.39 is 5.60 Å². The highest BCUT2D eigenvalue weighted by Crippen LogP contribution is 2.32. The fourth-order valence-corrected chi connectivity index (χ4v) is 4.58. The summed E-state index contributed by atoms with van der Waals surface area (Å²) in [7, 11) is 0. The molecule has 27 heavy (non-hydrogen) atoms. The normalized spacial score (nSPS) is 17.2. The zero-order valence-electron chi connectivity index (χ0n) is 17.0. The third-order valence-corrected chi connectivity index (χ3v) is 5.85. The Morgan fingerprint density at radius 1 is 0.815 bits per heavy atom. The molecule has 2 aromatic rings. The highest BCUT2D eigenvalue weighted by Gasteiger charge is 2.41. The maximum absolute atomic E-state index is 12.1. The van der Waals surface area contributed by atoms with Gasteiger partial charge >= 0.3 is 0 Å². The summed E-state index contributed by atoms with van der Waals surface area (Å²) in [5, 5.41) is 12.1. The Labute approximate surface area is 165 Å². The third-order valence-electron chi connectivity index (χ3n) is 5.85. The van der Waals surface area contributed by atoms with Crippen LogP contribution < -0.4 is 0 Å². The van der Waals surface area contributed by atoms with Gasteiger partial charge in [0, 0.05) is 18.9 Å². The van der Waals surface area contributed by atoms with Gasteiger partial charge in [-0.3, -0.25) is 4.90 Å². The Bertz CT molecular complexity index is 620. The Morgan fingerprint density at radius 3 is 1.74 bits per heavy atom. The van der Waals surface area contributed by atoms with Crippen LogP contribution in [0, 0.1) is 5.92 Å². The van der Waals surface area contributed by atoms with Crippen LogP contribution in [-0.2, 0) is 12.8 Å². The molecule has 0 amide bonds. The summed E-state index contributed by atoms with van der Waals surface area (Å²) in [6, 6.07) is 21.2. The minimum atomic E-state index is -0.760. The van der Waals surface area contributed by atoms with E-state index in [-0.39, 0.29) is 6.04 Å². The van der Waals surface area contributed by atoms with Crippen LogP contribution >= 0.6 is 0 Å². The van der Waals surface area contributed by atoms with Gasteiger partial charge in [0.1, 0.15) is 0 Å². The van der Waals surface area contributed by atoms with E-state index >= 15 is 0 Å². The summed E-state index contributed by atoms with van der Waals surface area (Å²) in [4.78, 5) is 2.58. The van der Waals surface area contributed by atoms with Crippen LogP contribution in [0.5, 0.6) is 0 Å². The van der Waals surface area contributed by atoms with E-state index in [9.17, 15) is 5.11 Å². The lowest BCUT2D eigenvalue weighted by molar-refractivity contribution is -0.0606. The van der Waals surface area contributed by atoms with Gasteiger partial charge in [0.05, 0.1) is 5.60 Å². The molecule has 2 aromatic carbocycles. The predicted octanol–water partition coefficient (Wildman–Crippen LogP) is 5.10. The van der Waals surface area contributed by atoms with Crippen LogP contribution in [0.1, 0.15) is 50.7 Å². The highest BCUT2D eigenvalue weighted by atomic mass is 16.3. The van der Waals surface area contributed by atoms with Crippen molar-refractivity contribution in [2.24, 2.45) is 5.92 Å². The van der Waals surface area contributed by atoms with Crippen LogP contribution in [-0.4, -0.2) is 34.7 Å². The molecule has 2 nitrogen and oxygen atoms in total. The first-order valence-electron chi connectivity index (χ1n) is 10.6. The van der Waals surface area contributed by atoms with Crippen molar-refractivity contribution in [2.45, 2.75) is 64.0 Å². The summed E-state index contributed by atoms with van der Waals surface area (Å²) in [6.45, 7) is 6.79. The molecule has 1 saturated heterocycles. The van der Waals surface area contributed by atoms with E-state index in [2.05, 4.69) is 79.4 Å². The number of rotatable bonds is 8. The van der Waals surface area contributed by atoms with E-state index in [1.54, 1.807) is 0 Å². The van der Waals surface area contributed by atoms with Crippen LogP contribution in [0.25, 0.3) is 0 Å². The summed E-state index contributed by atoms with van der Waals surface area (Å²) < 4.78 is 0. The van der Waals surface area contributed by atoms with E-state index in [0.29, 0.717) is 18.8 Å². The number of hydrogen-bond acceptors (Lipinski definition) is 2. The van der Waals surface area contributed by atoms with Gasteiger partial charge in [-0.15, -0.1) is 0 Å². The molecule has 1 aliphatic heterocycles. The first kappa shape index (κ1) is 20.1. The average molecular weight is 366 g/mol. The summed E-state index contributed by atoms with van der Waals surface area (Å²) in [6.07, 6.45) is 6.27. The summed E-state index contributed by atoms with van der Waals surface area (Å²) in [5.41, 5.74) is 1.69. The van der Waals surface area contributed by atoms with Crippen LogP contribution in [0.4, 0.5) is 0 Å². The van der Waals surface area contributed by atoms with E-state index in [1.165, 1.54) is 30.4 Å². The van der Waals surface area contributed by atoms with Gasteiger partial charge < -0.3 is 5.11 Å². The molecular weight excluding hydrogens is 330 g/mol. The van der Waals surface area contributed by atoms with E-state index in [4.69, 9.17) is 0 Å². The van der Waals surface area contributed by atoms with Crippen molar-refractivity contribution in [3.63, 3.8) is 0 Å². The zero-order valence-corrected chi connectivity index (χ0v) is 17.0. The molecule has 0 aromatic heterocycles. The van der Waals surface area contributed by atoms with Crippen LogP contribution in [0.2, 0.25) is 0 Å². The molecule has 2 heteroatoms. The SMILES string of the molecule is CC(C)C[C@H](N1CCCCC1)C(O)(Cc1ccccc1)Cc1ccccc1. The molecule has 0 aliphatic carbocycles. The third kappa shape index (κ3) is 5.67. The molecule has 3 rings (SSSR count). The van der Waals surface area contributed by atoms with Gasteiger partial charge in [0.25, 0.3) is 0 Å². The monoisotopic (exact) mass is 365 g/mol. The number of benzene rings is 2. The van der Waals surface area contributed by atoms with E-state index in [0.717, 1.165) is 19.5 Å². The van der Waals surface area contributed by atoms with Crippen LogP contribution in [0.15, 0.2) is 60.7 Å². The first-order valence-corrected chi connectivity index (χ1v) is 10.6. The van der Waals surface area contributed by atoms with Crippen molar-refractivity contribution < 1.29 is 5.11 Å². The van der Waals surface area contributed by atoms with E-state index in [1.807, 2.05) is 0 Å². The van der Waals surface area contributed by atoms with Gasteiger partial charge in [0.15, 0.2) is 0 Å². The topological polar surface area (TPSA) is 23.5 Å². The van der Waals surface area contributed by atoms with Crippen molar-refractivity contribution in [1.82, 2.24) is 4.90 Å². The number of piperidine rings is 1. The smallest absolute Gasteiger partial charge is 0.0882 e. The molecule has 1 atom stereocenters. The summed E-state index contributed by atoms with van der Waals surface area (Å²) in [5.74, 6) is 0.565. The van der Waals surface area contributed by atoms with Gasteiger partial charge in [-0.05, 0) is 49.4 Å². The second kappa shape index (κ2) is 9.52. The Kier molecular flexibility index (Phi) is 7.09. The predicted molar refractivity (Wildman–Crippen MR) is 114 cm³/mol. The van der Waals surface area contributed by atoms with Crippen molar-refractivity contribution in [2.75, 3.05) is 13.1 Å². The van der Waals surface area contributed by atoms with Crippen molar-refractivity contribution in [3.05, 3.63) is 71.8 Å². The molecule has 0 unspecified atom stereocenters. The molecular formula is C25H35NO. The lowest BCUT2D eigenvalue weighted by Gasteiger charge is -2.46. The molecule has 1 fully saturated rings. The molecule has 0 spiro atoms. The molecule has 1 aliphatic rings. The second-order valence-electron chi connectivity index (χ2n) is 8.67. The molecule has 1 heterocycles. The number of nitrogens with zero attached hydrogens (tertiary/aromatic N) is 1. The second-order valence-corrected chi connectivity index (χ2v) is 8.67. The van der Waals surface area contributed by atoms with Gasteiger partial charge in [0.2, 0.25) is 0 Å². The first-order chi connectivity index (χ1) is 13.1. The number of hydrogen-bond donors (Lipinski definition) is 1. The maximum atomic E-state index is 12.1.